The molecule has 0 aromatic carbocycles. The summed E-state index contributed by atoms with van der Waals surface area (Å²) < 4.78 is 10.6. The van der Waals surface area contributed by atoms with Gasteiger partial charge in [0.1, 0.15) is 6.10 Å². The van der Waals surface area contributed by atoms with Gasteiger partial charge in [-0.25, -0.2) is 0 Å². The van der Waals surface area contributed by atoms with Gasteiger partial charge < -0.3 is 14.4 Å². The lowest BCUT2D eigenvalue weighted by Crippen LogP contribution is -2.20. The maximum absolute atomic E-state index is 12.4. The Balaban J connectivity index is 3.83. The molecule has 0 saturated heterocycles. The fourth-order valence-corrected chi connectivity index (χ4v) is 5.12. The first-order valence-electron chi connectivity index (χ1n) is 17.1. The van der Waals surface area contributed by atoms with Crippen LogP contribution in [0, 0.1) is 0 Å². The standard InChI is InChI=1S/C35H67NO4/c1-5-6-7-8-18-21-24-28-33(40-35(38)31-27-32-36(2)3)29-25-22-19-16-14-12-10-9-11-13-15-17-20-23-26-30-34(37)39-4/h13,15,33H,5-12,14,16-32H2,1-4H3/b15-13-. The summed E-state index contributed by atoms with van der Waals surface area (Å²) in [7, 11) is 5.56. The highest BCUT2D eigenvalue weighted by Gasteiger charge is 2.14. The van der Waals surface area contributed by atoms with Gasteiger partial charge in [0.05, 0.1) is 7.11 Å². The summed E-state index contributed by atoms with van der Waals surface area (Å²) >= 11 is 0. The van der Waals surface area contributed by atoms with Gasteiger partial charge in [0.2, 0.25) is 0 Å². The van der Waals surface area contributed by atoms with Gasteiger partial charge in [-0.05, 0) is 84.8 Å². The minimum absolute atomic E-state index is 0.000257. The molecule has 0 aliphatic rings. The van der Waals surface area contributed by atoms with E-state index in [1.807, 2.05) is 0 Å². The van der Waals surface area contributed by atoms with Crippen LogP contribution in [0.5, 0.6) is 0 Å². The third-order valence-electron chi connectivity index (χ3n) is 7.71. The van der Waals surface area contributed by atoms with Crippen molar-refractivity contribution >= 4 is 11.9 Å². The quantitative estimate of drug-likeness (QED) is 0.0493. The molecule has 1 atom stereocenters. The fourth-order valence-electron chi connectivity index (χ4n) is 5.12. The highest BCUT2D eigenvalue weighted by molar-refractivity contribution is 5.69. The molecule has 0 aromatic heterocycles. The van der Waals surface area contributed by atoms with Gasteiger partial charge in [-0.15, -0.1) is 0 Å². The second kappa shape index (κ2) is 30.6. The molecular formula is C35H67NO4. The SMILES string of the molecule is CCCCCCCCCC(CCCCCCCCCC/C=C\CCCCCC(=O)OC)OC(=O)CCCN(C)C. The number of carbonyl (C=O) groups excluding carboxylic acids is 2. The highest BCUT2D eigenvalue weighted by atomic mass is 16.5. The van der Waals surface area contributed by atoms with E-state index >= 15 is 0 Å². The van der Waals surface area contributed by atoms with E-state index in [4.69, 9.17) is 4.74 Å². The fraction of sp³-hybridized carbons (Fsp3) is 0.886. The molecule has 5 nitrogen and oxygen atoms in total. The van der Waals surface area contributed by atoms with Crippen molar-refractivity contribution in [3.63, 3.8) is 0 Å². The summed E-state index contributed by atoms with van der Waals surface area (Å²) in [6.45, 7) is 3.20. The monoisotopic (exact) mass is 566 g/mol. The van der Waals surface area contributed by atoms with E-state index in [1.165, 1.54) is 110 Å². The second-order valence-electron chi connectivity index (χ2n) is 12.0. The van der Waals surface area contributed by atoms with E-state index in [1.54, 1.807) is 0 Å². The van der Waals surface area contributed by atoms with E-state index in [9.17, 15) is 9.59 Å². The number of ether oxygens (including phenoxy) is 2. The molecule has 236 valence electrons. The van der Waals surface area contributed by atoms with Crippen LogP contribution >= 0.6 is 0 Å². The van der Waals surface area contributed by atoms with Crippen LogP contribution in [0.15, 0.2) is 12.2 Å². The highest BCUT2D eigenvalue weighted by Crippen LogP contribution is 2.18. The topological polar surface area (TPSA) is 55.8 Å². The average molecular weight is 566 g/mol. The van der Waals surface area contributed by atoms with Crippen LogP contribution in [-0.4, -0.2) is 50.7 Å². The molecule has 5 heteroatoms. The van der Waals surface area contributed by atoms with Crippen molar-refractivity contribution in [3.05, 3.63) is 12.2 Å². The molecule has 0 amide bonds. The van der Waals surface area contributed by atoms with E-state index in [2.05, 4.69) is 42.8 Å². The van der Waals surface area contributed by atoms with Crippen LogP contribution in [-0.2, 0) is 19.1 Å². The summed E-state index contributed by atoms with van der Waals surface area (Å²) in [5.41, 5.74) is 0. The zero-order valence-electron chi connectivity index (χ0n) is 27.2. The lowest BCUT2D eigenvalue weighted by atomic mass is 10.0. The maximum Gasteiger partial charge on any atom is 0.306 e. The third kappa shape index (κ3) is 29.6. The zero-order valence-corrected chi connectivity index (χ0v) is 27.2. The predicted octanol–water partition coefficient (Wildman–Crippen LogP) is 9.96. The van der Waals surface area contributed by atoms with Crippen LogP contribution in [0.4, 0.5) is 0 Å². The Morgan fingerprint density at radius 2 is 1.05 bits per heavy atom. The average Bonchev–Trinajstić information content (AvgIpc) is 2.93. The Hall–Kier alpha value is -1.36. The van der Waals surface area contributed by atoms with Gasteiger partial charge in [-0.2, -0.15) is 0 Å². The van der Waals surface area contributed by atoms with Crippen LogP contribution < -0.4 is 0 Å². The maximum atomic E-state index is 12.4. The van der Waals surface area contributed by atoms with Crippen molar-refractivity contribution < 1.29 is 19.1 Å². The molecule has 40 heavy (non-hydrogen) atoms. The molecular weight excluding hydrogens is 498 g/mol. The normalized spacial score (nSPS) is 12.3. The number of nitrogens with zero attached hydrogens (tertiary/aromatic N) is 1. The molecule has 0 aliphatic carbocycles. The van der Waals surface area contributed by atoms with E-state index in [0.717, 1.165) is 51.5 Å². The Morgan fingerprint density at radius 1 is 0.600 bits per heavy atom. The molecule has 1 unspecified atom stereocenters. The second-order valence-corrected chi connectivity index (χ2v) is 12.0. The third-order valence-corrected chi connectivity index (χ3v) is 7.71. The van der Waals surface area contributed by atoms with Crippen molar-refractivity contribution in [3.8, 4) is 0 Å². The van der Waals surface area contributed by atoms with Crippen molar-refractivity contribution in [2.24, 2.45) is 0 Å². The van der Waals surface area contributed by atoms with E-state index in [0.29, 0.717) is 12.8 Å². The molecule has 0 radical (unpaired) electrons. The van der Waals surface area contributed by atoms with Gasteiger partial charge in [0.25, 0.3) is 0 Å². The number of rotatable bonds is 30. The van der Waals surface area contributed by atoms with Crippen molar-refractivity contribution in [2.45, 2.75) is 174 Å². The minimum atomic E-state index is -0.0948. The van der Waals surface area contributed by atoms with Gasteiger partial charge in [0, 0.05) is 12.8 Å². The number of esters is 2. The molecule has 0 saturated carbocycles. The van der Waals surface area contributed by atoms with E-state index in [-0.39, 0.29) is 18.0 Å². The van der Waals surface area contributed by atoms with Gasteiger partial charge in [-0.3, -0.25) is 9.59 Å². The molecule has 0 heterocycles. The molecule has 0 aromatic rings. The van der Waals surface area contributed by atoms with Gasteiger partial charge in [0.15, 0.2) is 0 Å². The zero-order chi connectivity index (χ0) is 29.5. The summed E-state index contributed by atoms with van der Waals surface area (Å²) in [5, 5.41) is 0. The molecule has 0 fully saturated rings. The number of hydrogen-bond acceptors (Lipinski definition) is 5. The Bertz CT molecular complexity index is 590. The van der Waals surface area contributed by atoms with Crippen LogP contribution in [0.2, 0.25) is 0 Å². The lowest BCUT2D eigenvalue weighted by Gasteiger charge is -2.18. The van der Waals surface area contributed by atoms with Gasteiger partial charge in [-0.1, -0.05) is 103 Å². The first kappa shape index (κ1) is 38.6. The molecule has 0 bridgehead atoms. The minimum Gasteiger partial charge on any atom is -0.469 e. The predicted molar refractivity (Wildman–Crippen MR) is 171 cm³/mol. The number of unbranched alkanes of at least 4 members (excludes halogenated alkanes) is 17. The number of carbonyl (C=O) groups is 2. The number of methoxy groups -OCH3 is 1. The van der Waals surface area contributed by atoms with Crippen molar-refractivity contribution in [1.29, 1.82) is 0 Å². The summed E-state index contributed by atoms with van der Waals surface area (Å²) in [5.74, 6) is -0.0945. The Labute approximate surface area is 249 Å². The van der Waals surface area contributed by atoms with Crippen molar-refractivity contribution in [2.75, 3.05) is 27.7 Å². The number of allylic oxidation sites excluding steroid dienone is 2. The molecule has 0 spiro atoms. The van der Waals surface area contributed by atoms with Crippen LogP contribution in [0.1, 0.15) is 167 Å². The lowest BCUT2D eigenvalue weighted by molar-refractivity contribution is -0.150. The smallest absolute Gasteiger partial charge is 0.306 e. The molecule has 0 N–H and O–H groups in total. The van der Waals surface area contributed by atoms with Crippen LogP contribution in [0.25, 0.3) is 0 Å². The van der Waals surface area contributed by atoms with Gasteiger partial charge >= 0.3 is 11.9 Å². The summed E-state index contributed by atoms with van der Waals surface area (Å²) in [6.07, 6.45) is 33.8. The summed E-state index contributed by atoms with van der Waals surface area (Å²) in [6, 6.07) is 0. The summed E-state index contributed by atoms with van der Waals surface area (Å²) in [4.78, 5) is 25.6. The first-order valence-corrected chi connectivity index (χ1v) is 17.1. The molecule has 0 rings (SSSR count). The number of hydrogen-bond donors (Lipinski definition) is 0. The van der Waals surface area contributed by atoms with E-state index < -0.39 is 0 Å². The van der Waals surface area contributed by atoms with Crippen LogP contribution in [0.3, 0.4) is 0 Å². The Morgan fingerprint density at radius 3 is 1.55 bits per heavy atom. The van der Waals surface area contributed by atoms with Crippen molar-refractivity contribution in [1.82, 2.24) is 4.90 Å². The first-order chi connectivity index (χ1) is 19.5. The Kier molecular flexibility index (Phi) is 29.6. The largest absolute Gasteiger partial charge is 0.469 e. The molecule has 0 aliphatic heterocycles.